The molecular formula is C11H15Cl3N2O3. The van der Waals surface area contributed by atoms with Gasteiger partial charge in [0.05, 0.1) is 6.61 Å². The van der Waals surface area contributed by atoms with Crippen LogP contribution in [0.25, 0.3) is 0 Å². The lowest BCUT2D eigenvalue weighted by atomic mass is 10.3. The van der Waals surface area contributed by atoms with Crippen LogP contribution in [0.2, 0.25) is 10.3 Å². The zero-order valence-electron chi connectivity index (χ0n) is 10.5. The van der Waals surface area contributed by atoms with E-state index in [9.17, 15) is 4.79 Å². The zero-order chi connectivity index (χ0) is 13.5. The van der Waals surface area contributed by atoms with Crippen molar-refractivity contribution in [2.24, 2.45) is 0 Å². The van der Waals surface area contributed by atoms with Crippen molar-refractivity contribution in [1.82, 2.24) is 10.3 Å². The van der Waals surface area contributed by atoms with Crippen LogP contribution in [0.15, 0.2) is 12.1 Å². The highest BCUT2D eigenvalue weighted by atomic mass is 35.5. The Morgan fingerprint density at radius 1 is 1.42 bits per heavy atom. The second-order valence-corrected chi connectivity index (χ2v) is 4.30. The lowest BCUT2D eigenvalue weighted by Crippen LogP contribution is -2.39. The van der Waals surface area contributed by atoms with Gasteiger partial charge in [0.1, 0.15) is 23.0 Å². The number of rotatable bonds is 6. The van der Waals surface area contributed by atoms with Gasteiger partial charge in [-0.15, -0.1) is 12.4 Å². The summed E-state index contributed by atoms with van der Waals surface area (Å²) >= 11 is 11.5. The molecule has 0 aliphatic rings. The standard InChI is InChI=1S/C11H14Cl2N2O3.ClH/c1-14-8(6-17-2)11(16)18-5-7-3-9(12)15-10(13)4-7;/h3-4,8,14H,5-6H2,1-2H3;1H/t8-;/m0./s1. The van der Waals surface area contributed by atoms with Gasteiger partial charge in [0, 0.05) is 7.11 Å². The van der Waals surface area contributed by atoms with Crippen molar-refractivity contribution >= 4 is 41.6 Å². The van der Waals surface area contributed by atoms with E-state index in [-0.39, 0.29) is 35.9 Å². The first-order chi connectivity index (χ1) is 8.56. The van der Waals surface area contributed by atoms with E-state index in [1.807, 2.05) is 0 Å². The minimum Gasteiger partial charge on any atom is -0.460 e. The second kappa shape index (κ2) is 9.34. The smallest absolute Gasteiger partial charge is 0.325 e. The van der Waals surface area contributed by atoms with Gasteiger partial charge in [0.15, 0.2) is 0 Å². The third-order valence-electron chi connectivity index (χ3n) is 2.17. The summed E-state index contributed by atoms with van der Waals surface area (Å²) in [5.74, 6) is -0.400. The highest BCUT2D eigenvalue weighted by molar-refractivity contribution is 6.32. The molecule has 1 rings (SSSR count). The molecule has 0 unspecified atom stereocenters. The third kappa shape index (κ3) is 6.40. The lowest BCUT2D eigenvalue weighted by Gasteiger charge is -2.14. The molecule has 1 N–H and O–H groups in total. The summed E-state index contributed by atoms with van der Waals surface area (Å²) in [6, 6.07) is 2.68. The normalized spacial score (nSPS) is 11.6. The summed E-state index contributed by atoms with van der Waals surface area (Å²) < 4.78 is 10.0. The highest BCUT2D eigenvalue weighted by Gasteiger charge is 2.17. The van der Waals surface area contributed by atoms with Crippen molar-refractivity contribution in [3.05, 3.63) is 28.0 Å². The van der Waals surface area contributed by atoms with Crippen LogP contribution < -0.4 is 5.32 Å². The Balaban J connectivity index is 0.00000324. The first kappa shape index (κ1) is 18.4. The van der Waals surface area contributed by atoms with Crippen molar-refractivity contribution < 1.29 is 14.3 Å². The van der Waals surface area contributed by atoms with Crippen LogP contribution in [0.1, 0.15) is 5.56 Å². The Kier molecular flexibility index (Phi) is 9.05. The number of halogens is 3. The molecular weight excluding hydrogens is 314 g/mol. The molecule has 0 radical (unpaired) electrons. The minimum atomic E-state index is -0.497. The van der Waals surface area contributed by atoms with Gasteiger partial charge in [-0.05, 0) is 24.7 Å². The van der Waals surface area contributed by atoms with Crippen LogP contribution in [0.5, 0.6) is 0 Å². The second-order valence-electron chi connectivity index (χ2n) is 3.53. The van der Waals surface area contributed by atoms with Gasteiger partial charge in [-0.3, -0.25) is 4.79 Å². The number of methoxy groups -OCH3 is 1. The summed E-state index contributed by atoms with van der Waals surface area (Å²) in [6.45, 7) is 0.329. The van der Waals surface area contributed by atoms with E-state index in [4.69, 9.17) is 32.7 Å². The molecule has 0 aliphatic carbocycles. The number of ether oxygens (including phenoxy) is 2. The molecule has 0 fully saturated rings. The maximum atomic E-state index is 11.7. The monoisotopic (exact) mass is 328 g/mol. The molecule has 108 valence electrons. The predicted molar refractivity (Wildman–Crippen MR) is 76.0 cm³/mol. The lowest BCUT2D eigenvalue weighted by molar-refractivity contribution is -0.148. The number of hydrogen-bond donors (Lipinski definition) is 1. The average molecular weight is 330 g/mol. The van der Waals surface area contributed by atoms with E-state index in [1.54, 1.807) is 19.2 Å². The molecule has 1 heterocycles. The van der Waals surface area contributed by atoms with Crippen molar-refractivity contribution in [2.75, 3.05) is 20.8 Å². The molecule has 19 heavy (non-hydrogen) atoms. The molecule has 8 heteroatoms. The van der Waals surface area contributed by atoms with Gasteiger partial charge in [-0.2, -0.15) is 0 Å². The van der Waals surface area contributed by atoms with E-state index in [0.29, 0.717) is 5.56 Å². The van der Waals surface area contributed by atoms with Gasteiger partial charge in [-0.25, -0.2) is 4.98 Å². The van der Waals surface area contributed by atoms with Crippen LogP contribution >= 0.6 is 35.6 Å². The number of esters is 1. The predicted octanol–water partition coefficient (Wildman–Crippen LogP) is 2.09. The maximum absolute atomic E-state index is 11.7. The number of carbonyl (C=O) groups excluding carboxylic acids is 1. The molecule has 1 aromatic heterocycles. The number of nitrogens with one attached hydrogen (secondary N) is 1. The van der Waals surface area contributed by atoms with Crippen LogP contribution in [0.3, 0.4) is 0 Å². The minimum absolute atomic E-state index is 0. The third-order valence-corrected chi connectivity index (χ3v) is 2.56. The van der Waals surface area contributed by atoms with Gasteiger partial charge in [0.25, 0.3) is 0 Å². The van der Waals surface area contributed by atoms with Crippen LogP contribution in [-0.4, -0.2) is 37.8 Å². The summed E-state index contributed by atoms with van der Waals surface area (Å²) in [5.41, 5.74) is 0.681. The topological polar surface area (TPSA) is 60.5 Å². The highest BCUT2D eigenvalue weighted by Crippen LogP contribution is 2.15. The van der Waals surface area contributed by atoms with Crippen LogP contribution in [0, 0.1) is 0 Å². The number of aromatic nitrogens is 1. The Labute approximate surface area is 128 Å². The molecule has 0 bridgehead atoms. The Morgan fingerprint density at radius 2 is 2.00 bits per heavy atom. The molecule has 0 amide bonds. The zero-order valence-corrected chi connectivity index (χ0v) is 12.8. The molecule has 0 saturated carbocycles. The number of nitrogens with zero attached hydrogens (tertiary/aromatic N) is 1. The molecule has 5 nitrogen and oxygen atoms in total. The number of hydrogen-bond acceptors (Lipinski definition) is 5. The summed E-state index contributed by atoms with van der Waals surface area (Å²) in [7, 11) is 3.17. The summed E-state index contributed by atoms with van der Waals surface area (Å²) in [4.78, 5) is 15.5. The Bertz CT molecular complexity index is 398. The van der Waals surface area contributed by atoms with Crippen LogP contribution in [0.4, 0.5) is 0 Å². The van der Waals surface area contributed by atoms with Crippen molar-refractivity contribution in [3.63, 3.8) is 0 Å². The molecule has 1 atom stereocenters. The van der Waals surface area contributed by atoms with E-state index in [0.717, 1.165) is 0 Å². The first-order valence-electron chi connectivity index (χ1n) is 5.21. The van der Waals surface area contributed by atoms with Crippen LogP contribution in [-0.2, 0) is 20.9 Å². The SMILES string of the molecule is CN[C@@H](COC)C(=O)OCc1cc(Cl)nc(Cl)c1.Cl. The fraction of sp³-hybridized carbons (Fsp3) is 0.455. The Morgan fingerprint density at radius 3 is 2.47 bits per heavy atom. The Hall–Kier alpha value is -0.590. The summed E-state index contributed by atoms with van der Waals surface area (Å²) in [6.07, 6.45) is 0. The van der Waals surface area contributed by atoms with E-state index >= 15 is 0 Å². The number of pyridine rings is 1. The fourth-order valence-electron chi connectivity index (χ4n) is 1.29. The largest absolute Gasteiger partial charge is 0.460 e. The molecule has 0 saturated heterocycles. The van der Waals surface area contributed by atoms with Crippen molar-refractivity contribution in [3.8, 4) is 0 Å². The van der Waals surface area contributed by atoms with Gasteiger partial charge < -0.3 is 14.8 Å². The van der Waals surface area contributed by atoms with E-state index in [2.05, 4.69) is 10.3 Å². The molecule has 0 aromatic carbocycles. The number of carbonyl (C=O) groups is 1. The first-order valence-corrected chi connectivity index (χ1v) is 5.97. The summed E-state index contributed by atoms with van der Waals surface area (Å²) in [5, 5.41) is 3.32. The van der Waals surface area contributed by atoms with Gasteiger partial charge in [-0.1, -0.05) is 23.2 Å². The fourth-order valence-corrected chi connectivity index (χ4v) is 1.79. The molecule has 1 aromatic rings. The van der Waals surface area contributed by atoms with E-state index in [1.165, 1.54) is 7.11 Å². The number of likely N-dealkylation sites (N-methyl/N-ethyl adjacent to an activating group) is 1. The average Bonchev–Trinajstić information content (AvgIpc) is 2.32. The molecule has 0 aliphatic heterocycles. The van der Waals surface area contributed by atoms with E-state index < -0.39 is 12.0 Å². The van der Waals surface area contributed by atoms with Crippen molar-refractivity contribution in [2.45, 2.75) is 12.6 Å². The quantitative estimate of drug-likeness (QED) is 0.639. The van der Waals surface area contributed by atoms with Gasteiger partial charge in [0.2, 0.25) is 0 Å². The van der Waals surface area contributed by atoms with Gasteiger partial charge >= 0.3 is 5.97 Å². The maximum Gasteiger partial charge on any atom is 0.325 e. The van der Waals surface area contributed by atoms with Crippen molar-refractivity contribution in [1.29, 1.82) is 0 Å². The molecule has 0 spiro atoms.